The van der Waals surface area contributed by atoms with Crippen LogP contribution in [-0.4, -0.2) is 46.0 Å². The highest BCUT2D eigenvalue weighted by Gasteiger charge is 2.30. The van der Waals surface area contributed by atoms with Crippen molar-refractivity contribution in [2.24, 2.45) is 11.8 Å². The van der Waals surface area contributed by atoms with Crippen molar-refractivity contribution in [1.82, 2.24) is 10.6 Å². The lowest BCUT2D eigenvalue weighted by atomic mass is 9.85. The molecule has 5 nitrogen and oxygen atoms in total. The minimum atomic E-state index is -0.226. The van der Waals surface area contributed by atoms with Crippen LogP contribution in [0.4, 0.5) is 4.39 Å². The summed E-state index contributed by atoms with van der Waals surface area (Å²) in [5.41, 5.74) is 2.40. The van der Waals surface area contributed by atoms with Gasteiger partial charge in [-0.05, 0) is 116 Å². The Kier molecular flexibility index (Phi) is 8.35. The van der Waals surface area contributed by atoms with Crippen LogP contribution < -0.4 is 24.8 Å². The van der Waals surface area contributed by atoms with Crippen molar-refractivity contribution in [2.45, 2.75) is 50.5 Å². The SMILES string of the molecule is COc1cc(I)c(OCC2CC[C@@H](CC3COc4cc(F)ccc43)CN2)cc1C[C@H]1CCCNC1. The average molecular weight is 595 g/mol. The van der Waals surface area contributed by atoms with E-state index < -0.39 is 0 Å². The van der Waals surface area contributed by atoms with Gasteiger partial charge in [0.25, 0.3) is 0 Å². The molecule has 2 aromatic carbocycles. The fourth-order valence-electron chi connectivity index (χ4n) is 5.80. The maximum Gasteiger partial charge on any atom is 0.133 e. The third kappa shape index (κ3) is 6.23. The summed E-state index contributed by atoms with van der Waals surface area (Å²) in [6, 6.07) is 9.62. The molecule has 7 heteroatoms. The van der Waals surface area contributed by atoms with Gasteiger partial charge in [0, 0.05) is 23.6 Å². The zero-order valence-corrected chi connectivity index (χ0v) is 22.6. The molecule has 2 aromatic rings. The van der Waals surface area contributed by atoms with E-state index in [2.05, 4.69) is 45.4 Å². The minimum Gasteiger partial charge on any atom is -0.496 e. The molecule has 3 aliphatic rings. The van der Waals surface area contributed by atoms with E-state index in [1.165, 1.54) is 30.9 Å². The quantitative estimate of drug-likeness (QED) is 0.407. The fourth-order valence-corrected chi connectivity index (χ4v) is 6.40. The van der Waals surface area contributed by atoms with E-state index in [1.807, 2.05) is 6.07 Å². The highest BCUT2D eigenvalue weighted by Crippen LogP contribution is 2.39. The van der Waals surface area contributed by atoms with Crippen LogP contribution in [0.3, 0.4) is 0 Å². The van der Waals surface area contributed by atoms with Crippen molar-refractivity contribution < 1.29 is 18.6 Å². The average Bonchev–Trinajstić information content (AvgIpc) is 3.27. The molecule has 0 saturated carbocycles. The zero-order chi connectivity index (χ0) is 24.2. The maximum atomic E-state index is 13.5. The number of fused-ring (bicyclic) bond motifs is 1. The van der Waals surface area contributed by atoms with Gasteiger partial charge in [0.2, 0.25) is 0 Å². The molecule has 3 heterocycles. The van der Waals surface area contributed by atoms with Crippen LogP contribution >= 0.6 is 22.6 Å². The summed E-state index contributed by atoms with van der Waals surface area (Å²) in [6.45, 7) is 4.53. The Labute approximate surface area is 221 Å². The summed E-state index contributed by atoms with van der Waals surface area (Å²) in [6.07, 6.45) is 6.88. The summed E-state index contributed by atoms with van der Waals surface area (Å²) in [7, 11) is 1.76. The fraction of sp³-hybridized carbons (Fsp3) is 0.571. The van der Waals surface area contributed by atoms with Crippen LogP contribution in [-0.2, 0) is 6.42 Å². The van der Waals surface area contributed by atoms with Crippen molar-refractivity contribution in [3.05, 3.63) is 50.8 Å². The first-order valence-electron chi connectivity index (χ1n) is 12.9. The van der Waals surface area contributed by atoms with Gasteiger partial charge in [0.15, 0.2) is 0 Å². The molecule has 4 atom stereocenters. The van der Waals surface area contributed by atoms with Gasteiger partial charge in [-0.25, -0.2) is 4.39 Å². The van der Waals surface area contributed by atoms with Crippen molar-refractivity contribution in [1.29, 1.82) is 0 Å². The number of halogens is 2. The van der Waals surface area contributed by atoms with Gasteiger partial charge in [-0.3, -0.25) is 0 Å². The molecule has 2 saturated heterocycles. The van der Waals surface area contributed by atoms with Gasteiger partial charge in [0.1, 0.15) is 29.7 Å². The van der Waals surface area contributed by atoms with E-state index >= 15 is 0 Å². The lowest BCUT2D eigenvalue weighted by molar-refractivity contribution is 0.201. The first-order valence-corrected chi connectivity index (χ1v) is 14.0. The Morgan fingerprint density at radius 3 is 2.77 bits per heavy atom. The molecule has 0 spiro atoms. The van der Waals surface area contributed by atoms with Gasteiger partial charge in [0.05, 0.1) is 17.3 Å². The molecule has 35 heavy (non-hydrogen) atoms. The third-order valence-electron chi connectivity index (χ3n) is 7.77. The van der Waals surface area contributed by atoms with E-state index in [0.717, 1.165) is 65.3 Å². The predicted molar refractivity (Wildman–Crippen MR) is 144 cm³/mol. The second-order valence-corrected chi connectivity index (χ2v) is 11.5. The highest BCUT2D eigenvalue weighted by molar-refractivity contribution is 14.1. The molecular formula is C28H36FIN2O3. The Balaban J connectivity index is 1.12. The topological polar surface area (TPSA) is 51.8 Å². The van der Waals surface area contributed by atoms with E-state index in [1.54, 1.807) is 13.2 Å². The number of hydrogen-bond acceptors (Lipinski definition) is 5. The van der Waals surface area contributed by atoms with E-state index in [-0.39, 0.29) is 5.82 Å². The first kappa shape index (κ1) is 25.1. The van der Waals surface area contributed by atoms with Crippen molar-refractivity contribution in [2.75, 3.05) is 40.0 Å². The number of rotatable bonds is 8. The second-order valence-electron chi connectivity index (χ2n) is 10.3. The van der Waals surface area contributed by atoms with Crippen molar-refractivity contribution >= 4 is 22.6 Å². The molecule has 190 valence electrons. The molecule has 0 radical (unpaired) electrons. The zero-order valence-electron chi connectivity index (χ0n) is 20.5. The second kappa shape index (κ2) is 11.6. The largest absolute Gasteiger partial charge is 0.496 e. The lowest BCUT2D eigenvalue weighted by Crippen LogP contribution is -2.42. The van der Waals surface area contributed by atoms with Crippen LogP contribution in [0.2, 0.25) is 0 Å². The van der Waals surface area contributed by atoms with Crippen molar-refractivity contribution in [3.63, 3.8) is 0 Å². The Bertz CT molecular complexity index is 1010. The van der Waals surface area contributed by atoms with Crippen LogP contribution in [0, 0.1) is 21.2 Å². The van der Waals surface area contributed by atoms with Gasteiger partial charge in [-0.2, -0.15) is 0 Å². The molecule has 0 aromatic heterocycles. The molecule has 3 aliphatic heterocycles. The van der Waals surface area contributed by atoms with Crippen LogP contribution in [0.25, 0.3) is 0 Å². The number of ether oxygens (including phenoxy) is 3. The van der Waals surface area contributed by atoms with Gasteiger partial charge in [-0.1, -0.05) is 6.07 Å². The van der Waals surface area contributed by atoms with Gasteiger partial charge < -0.3 is 24.8 Å². The molecule has 0 bridgehead atoms. The maximum absolute atomic E-state index is 13.5. The molecule has 5 rings (SSSR count). The molecule has 2 fully saturated rings. The first-order chi connectivity index (χ1) is 17.1. The number of methoxy groups -OCH3 is 1. The van der Waals surface area contributed by atoms with Gasteiger partial charge in [-0.15, -0.1) is 0 Å². The third-order valence-corrected chi connectivity index (χ3v) is 8.62. The van der Waals surface area contributed by atoms with Crippen LogP contribution in [0.1, 0.15) is 49.1 Å². The highest BCUT2D eigenvalue weighted by atomic mass is 127. The smallest absolute Gasteiger partial charge is 0.133 e. The molecule has 2 unspecified atom stereocenters. The summed E-state index contributed by atoms with van der Waals surface area (Å²) in [5, 5.41) is 7.22. The standard InChI is InChI=1S/C28H36FIN2O3/c1-33-26-13-25(30)28(11-20(26)9-18-3-2-8-31-14-18)35-17-23-6-4-19(15-32-23)10-21-16-34-27-12-22(29)5-7-24(21)27/h5,7,11-13,18-19,21,23,31-32H,2-4,6,8-10,14-17H2,1H3/t18-,19+,21?,23?/m1/s1. The predicted octanol–water partition coefficient (Wildman–Crippen LogP) is 5.29. The molecule has 2 N–H and O–H groups in total. The number of hydrogen-bond donors (Lipinski definition) is 2. The molecule has 0 amide bonds. The lowest BCUT2D eigenvalue weighted by Gasteiger charge is -2.31. The summed E-state index contributed by atoms with van der Waals surface area (Å²) in [5.74, 6) is 4.04. The number of benzene rings is 2. The number of nitrogens with one attached hydrogen (secondary N) is 2. The number of piperidine rings is 2. The molecule has 0 aliphatic carbocycles. The summed E-state index contributed by atoms with van der Waals surface area (Å²) in [4.78, 5) is 0. The molecular weight excluding hydrogens is 558 g/mol. The normalized spacial score (nSPS) is 26.1. The minimum absolute atomic E-state index is 0.226. The van der Waals surface area contributed by atoms with E-state index in [4.69, 9.17) is 14.2 Å². The Hall–Kier alpha value is -1.58. The summed E-state index contributed by atoms with van der Waals surface area (Å²) < 4.78 is 32.3. The Morgan fingerprint density at radius 2 is 2.00 bits per heavy atom. The van der Waals surface area contributed by atoms with E-state index in [9.17, 15) is 4.39 Å². The van der Waals surface area contributed by atoms with Crippen LogP contribution in [0.5, 0.6) is 17.2 Å². The van der Waals surface area contributed by atoms with Gasteiger partial charge >= 0.3 is 0 Å². The Morgan fingerprint density at radius 1 is 1.09 bits per heavy atom. The van der Waals surface area contributed by atoms with E-state index in [0.29, 0.717) is 37.0 Å². The monoisotopic (exact) mass is 594 g/mol. The van der Waals surface area contributed by atoms with Crippen molar-refractivity contribution in [3.8, 4) is 17.2 Å². The van der Waals surface area contributed by atoms with Crippen LogP contribution in [0.15, 0.2) is 30.3 Å². The summed E-state index contributed by atoms with van der Waals surface area (Å²) >= 11 is 2.35.